The molecule has 2 aliphatic heterocycles. The fraction of sp³-hybridized carbons (Fsp3) is 1.00. The summed E-state index contributed by atoms with van der Waals surface area (Å²) in [7, 11) is 1.68. The average molecular weight is 274 g/mol. The van der Waals surface area contributed by atoms with Crippen LogP contribution in [0.1, 0.15) is 40.5 Å². The largest absolute Gasteiger partial charge is 0.379 e. The number of fused-ring (bicyclic) bond motifs is 1. The molecule has 0 bridgehead atoms. The Kier molecular flexibility index (Phi) is 4.84. The van der Waals surface area contributed by atoms with Gasteiger partial charge in [0, 0.05) is 13.7 Å². The van der Waals surface area contributed by atoms with E-state index in [0.717, 1.165) is 12.8 Å². The van der Waals surface area contributed by atoms with Gasteiger partial charge in [0.25, 0.3) is 0 Å². The first-order chi connectivity index (χ1) is 8.98. The molecule has 2 rings (SSSR count). The van der Waals surface area contributed by atoms with Crippen molar-refractivity contribution >= 4 is 0 Å². The highest BCUT2D eigenvalue weighted by Gasteiger charge is 2.56. The van der Waals surface area contributed by atoms with Crippen LogP contribution in [0.5, 0.6) is 0 Å². The lowest BCUT2D eigenvalue weighted by molar-refractivity contribution is -0.230. The number of ether oxygens (including phenoxy) is 5. The molecule has 2 aliphatic rings. The fourth-order valence-electron chi connectivity index (χ4n) is 2.57. The second kappa shape index (κ2) is 6.06. The van der Waals surface area contributed by atoms with Gasteiger partial charge in [-0.2, -0.15) is 0 Å². The van der Waals surface area contributed by atoms with Gasteiger partial charge in [0.2, 0.25) is 0 Å². The van der Waals surface area contributed by atoms with Crippen LogP contribution in [0.2, 0.25) is 0 Å². The van der Waals surface area contributed by atoms with Crippen LogP contribution >= 0.6 is 0 Å². The SMILES string of the molecule is CCCCOC1C2OC(C)(C)O[C@@H]2O[C@@H]1C(C)OC. The highest BCUT2D eigenvalue weighted by atomic mass is 16.8. The van der Waals surface area contributed by atoms with E-state index in [4.69, 9.17) is 23.7 Å². The summed E-state index contributed by atoms with van der Waals surface area (Å²) >= 11 is 0. The van der Waals surface area contributed by atoms with Crippen LogP contribution in [0, 0.1) is 0 Å². The third-order valence-electron chi connectivity index (χ3n) is 3.67. The third-order valence-corrected chi connectivity index (χ3v) is 3.67. The quantitative estimate of drug-likeness (QED) is 0.694. The van der Waals surface area contributed by atoms with Crippen LogP contribution in [-0.2, 0) is 23.7 Å². The zero-order valence-electron chi connectivity index (χ0n) is 12.5. The molecule has 5 nitrogen and oxygen atoms in total. The van der Waals surface area contributed by atoms with Crippen LogP contribution in [0.25, 0.3) is 0 Å². The molecular weight excluding hydrogens is 248 g/mol. The van der Waals surface area contributed by atoms with Crippen molar-refractivity contribution in [2.45, 2.75) is 77.0 Å². The summed E-state index contributed by atoms with van der Waals surface area (Å²) in [5.41, 5.74) is 0. The second-order valence-corrected chi connectivity index (χ2v) is 5.70. The number of hydrogen-bond donors (Lipinski definition) is 0. The Morgan fingerprint density at radius 1 is 1.26 bits per heavy atom. The second-order valence-electron chi connectivity index (χ2n) is 5.70. The van der Waals surface area contributed by atoms with Crippen molar-refractivity contribution in [3.05, 3.63) is 0 Å². The van der Waals surface area contributed by atoms with Gasteiger partial charge in [-0.3, -0.25) is 0 Å². The van der Waals surface area contributed by atoms with E-state index in [0.29, 0.717) is 6.61 Å². The molecular formula is C14H26O5. The molecule has 112 valence electrons. The summed E-state index contributed by atoms with van der Waals surface area (Å²) in [4.78, 5) is 0. The van der Waals surface area contributed by atoms with Gasteiger partial charge < -0.3 is 23.7 Å². The Morgan fingerprint density at radius 3 is 2.63 bits per heavy atom. The molecule has 0 N–H and O–H groups in total. The Hall–Kier alpha value is -0.200. The number of methoxy groups -OCH3 is 1. The van der Waals surface area contributed by atoms with Gasteiger partial charge in [0.05, 0.1) is 6.10 Å². The Bertz CT molecular complexity index is 294. The van der Waals surface area contributed by atoms with E-state index in [1.54, 1.807) is 7.11 Å². The minimum Gasteiger partial charge on any atom is -0.379 e. The van der Waals surface area contributed by atoms with Gasteiger partial charge in [-0.15, -0.1) is 0 Å². The lowest BCUT2D eigenvalue weighted by Crippen LogP contribution is -2.42. The molecule has 2 saturated heterocycles. The van der Waals surface area contributed by atoms with Gasteiger partial charge >= 0.3 is 0 Å². The van der Waals surface area contributed by atoms with Crippen molar-refractivity contribution < 1.29 is 23.7 Å². The zero-order valence-corrected chi connectivity index (χ0v) is 12.5. The molecule has 0 amide bonds. The van der Waals surface area contributed by atoms with Crippen molar-refractivity contribution in [1.82, 2.24) is 0 Å². The summed E-state index contributed by atoms with van der Waals surface area (Å²) in [6, 6.07) is 0. The van der Waals surface area contributed by atoms with E-state index in [2.05, 4.69) is 6.92 Å². The van der Waals surface area contributed by atoms with Crippen molar-refractivity contribution in [2.75, 3.05) is 13.7 Å². The monoisotopic (exact) mass is 274 g/mol. The third kappa shape index (κ3) is 3.28. The molecule has 5 heteroatoms. The van der Waals surface area contributed by atoms with E-state index in [1.165, 1.54) is 0 Å². The molecule has 0 aromatic rings. The summed E-state index contributed by atoms with van der Waals surface area (Å²) < 4.78 is 28.9. The summed E-state index contributed by atoms with van der Waals surface area (Å²) in [5.74, 6) is -0.608. The number of rotatable bonds is 6. The van der Waals surface area contributed by atoms with Gasteiger partial charge in [-0.25, -0.2) is 0 Å². The smallest absolute Gasteiger partial charge is 0.190 e. The molecule has 0 spiro atoms. The van der Waals surface area contributed by atoms with Crippen molar-refractivity contribution in [2.24, 2.45) is 0 Å². The molecule has 2 heterocycles. The Labute approximate surface area is 115 Å². The average Bonchev–Trinajstić information content (AvgIpc) is 2.82. The maximum absolute atomic E-state index is 5.98. The number of hydrogen-bond acceptors (Lipinski definition) is 5. The first-order valence-electron chi connectivity index (χ1n) is 7.14. The van der Waals surface area contributed by atoms with Crippen LogP contribution in [0.4, 0.5) is 0 Å². The van der Waals surface area contributed by atoms with E-state index < -0.39 is 5.79 Å². The number of unbranched alkanes of at least 4 members (excludes halogenated alkanes) is 1. The predicted octanol–water partition coefficient (Wildman–Crippen LogP) is 2.08. The lowest BCUT2D eigenvalue weighted by Gasteiger charge is -2.28. The van der Waals surface area contributed by atoms with Crippen LogP contribution in [0.3, 0.4) is 0 Å². The fourth-order valence-corrected chi connectivity index (χ4v) is 2.57. The maximum Gasteiger partial charge on any atom is 0.190 e. The molecule has 19 heavy (non-hydrogen) atoms. The van der Waals surface area contributed by atoms with E-state index in [1.807, 2.05) is 20.8 Å². The van der Waals surface area contributed by atoms with Crippen LogP contribution < -0.4 is 0 Å². The minimum absolute atomic E-state index is 0.0486. The molecule has 0 radical (unpaired) electrons. The first-order valence-corrected chi connectivity index (χ1v) is 7.14. The predicted molar refractivity (Wildman–Crippen MR) is 69.8 cm³/mol. The Morgan fingerprint density at radius 2 is 2.00 bits per heavy atom. The first kappa shape index (κ1) is 15.2. The standard InChI is InChI=1S/C14H26O5/c1-6-7-8-16-11-10(9(2)15-5)17-13-12(11)18-14(3,4)19-13/h9-13H,6-8H2,1-5H3/t9?,10-,11?,12?,13+/m1/s1. The summed E-state index contributed by atoms with van der Waals surface area (Å²) in [5, 5.41) is 0. The van der Waals surface area contributed by atoms with Gasteiger partial charge in [-0.05, 0) is 27.2 Å². The molecule has 0 aromatic heterocycles. The molecule has 5 atom stereocenters. The van der Waals surface area contributed by atoms with Gasteiger partial charge in [-0.1, -0.05) is 13.3 Å². The highest BCUT2D eigenvalue weighted by Crippen LogP contribution is 2.39. The van der Waals surface area contributed by atoms with Gasteiger partial charge in [0.1, 0.15) is 18.3 Å². The van der Waals surface area contributed by atoms with Crippen LogP contribution in [0.15, 0.2) is 0 Å². The molecule has 2 fully saturated rings. The normalized spacial score (nSPS) is 38.4. The minimum atomic E-state index is -0.608. The van der Waals surface area contributed by atoms with Gasteiger partial charge in [0.15, 0.2) is 12.1 Å². The van der Waals surface area contributed by atoms with Crippen molar-refractivity contribution in [1.29, 1.82) is 0 Å². The van der Waals surface area contributed by atoms with Crippen molar-refractivity contribution in [3.63, 3.8) is 0 Å². The summed E-state index contributed by atoms with van der Waals surface area (Å²) in [6.07, 6.45) is 1.29. The Balaban J connectivity index is 2.02. The highest BCUT2D eigenvalue weighted by molar-refractivity contribution is 4.96. The molecule has 0 aliphatic carbocycles. The molecule has 0 aromatic carbocycles. The maximum atomic E-state index is 5.98. The lowest BCUT2D eigenvalue weighted by atomic mass is 10.1. The topological polar surface area (TPSA) is 46.2 Å². The molecule has 0 saturated carbocycles. The summed E-state index contributed by atoms with van der Waals surface area (Å²) in [6.45, 7) is 8.63. The van der Waals surface area contributed by atoms with E-state index in [-0.39, 0.29) is 30.7 Å². The zero-order chi connectivity index (χ0) is 14.0. The van der Waals surface area contributed by atoms with E-state index >= 15 is 0 Å². The van der Waals surface area contributed by atoms with Crippen LogP contribution in [-0.4, -0.2) is 50.2 Å². The molecule has 3 unspecified atom stereocenters. The van der Waals surface area contributed by atoms with E-state index in [9.17, 15) is 0 Å². The van der Waals surface area contributed by atoms with Crippen molar-refractivity contribution in [3.8, 4) is 0 Å².